The number of rotatable bonds is 5. The molecule has 0 radical (unpaired) electrons. The highest BCUT2D eigenvalue weighted by atomic mass is 16.5. The Morgan fingerprint density at radius 1 is 1.29 bits per heavy atom. The Morgan fingerprint density at radius 3 is 2.59 bits per heavy atom. The molecule has 1 aromatic rings. The van der Waals surface area contributed by atoms with Gasteiger partial charge in [-0.1, -0.05) is 19.1 Å². The highest BCUT2D eigenvalue weighted by Crippen LogP contribution is 2.22. The standard InChI is InChI=1S/C15H25NO/c1-12(9-10-16-15(2,3)4)13-7-6-8-14(11-13)17-5/h6-8,11-12,16H,9-10H2,1-5H3. The van der Waals surface area contributed by atoms with E-state index in [0.717, 1.165) is 18.7 Å². The predicted molar refractivity (Wildman–Crippen MR) is 73.8 cm³/mol. The van der Waals surface area contributed by atoms with Crippen LogP contribution in [0.5, 0.6) is 5.75 Å². The molecule has 0 bridgehead atoms. The molecule has 0 fully saturated rings. The number of benzene rings is 1. The Hall–Kier alpha value is -1.02. The van der Waals surface area contributed by atoms with Gasteiger partial charge in [-0.25, -0.2) is 0 Å². The molecule has 1 unspecified atom stereocenters. The number of hydrogen-bond donors (Lipinski definition) is 1. The summed E-state index contributed by atoms with van der Waals surface area (Å²) in [5.74, 6) is 1.50. The Balaban J connectivity index is 2.49. The minimum Gasteiger partial charge on any atom is -0.497 e. The quantitative estimate of drug-likeness (QED) is 0.842. The second-order valence-electron chi connectivity index (χ2n) is 5.64. The molecule has 1 atom stereocenters. The van der Waals surface area contributed by atoms with Crippen LogP contribution in [0.4, 0.5) is 0 Å². The van der Waals surface area contributed by atoms with Gasteiger partial charge in [0.15, 0.2) is 0 Å². The van der Waals surface area contributed by atoms with Crippen LogP contribution in [0, 0.1) is 0 Å². The van der Waals surface area contributed by atoms with Crippen molar-refractivity contribution >= 4 is 0 Å². The van der Waals surface area contributed by atoms with Crippen molar-refractivity contribution in [3.63, 3.8) is 0 Å². The van der Waals surface area contributed by atoms with Gasteiger partial charge in [-0.05, 0) is 57.4 Å². The zero-order chi connectivity index (χ0) is 12.9. The van der Waals surface area contributed by atoms with Crippen molar-refractivity contribution in [2.24, 2.45) is 0 Å². The fraction of sp³-hybridized carbons (Fsp3) is 0.600. The summed E-state index contributed by atoms with van der Waals surface area (Å²) in [6.45, 7) is 9.90. The molecule has 0 saturated heterocycles. The molecular formula is C15H25NO. The van der Waals surface area contributed by atoms with Crippen LogP contribution in [0.1, 0.15) is 45.6 Å². The maximum atomic E-state index is 5.25. The molecule has 0 saturated carbocycles. The van der Waals surface area contributed by atoms with Crippen molar-refractivity contribution in [1.29, 1.82) is 0 Å². The van der Waals surface area contributed by atoms with Crippen LogP contribution in [-0.4, -0.2) is 19.2 Å². The highest BCUT2D eigenvalue weighted by molar-refractivity contribution is 5.30. The maximum Gasteiger partial charge on any atom is 0.119 e. The average Bonchev–Trinajstić information content (AvgIpc) is 2.27. The Bertz CT molecular complexity index is 341. The van der Waals surface area contributed by atoms with E-state index in [0.29, 0.717) is 5.92 Å². The molecule has 2 nitrogen and oxygen atoms in total. The van der Waals surface area contributed by atoms with Gasteiger partial charge in [0.1, 0.15) is 5.75 Å². The number of ether oxygens (including phenoxy) is 1. The van der Waals surface area contributed by atoms with E-state index < -0.39 is 0 Å². The van der Waals surface area contributed by atoms with E-state index in [1.165, 1.54) is 5.56 Å². The van der Waals surface area contributed by atoms with E-state index >= 15 is 0 Å². The largest absolute Gasteiger partial charge is 0.497 e. The molecule has 1 N–H and O–H groups in total. The number of nitrogens with one attached hydrogen (secondary N) is 1. The molecule has 96 valence electrons. The summed E-state index contributed by atoms with van der Waals surface area (Å²) in [6.07, 6.45) is 1.14. The molecule has 0 aliphatic rings. The van der Waals surface area contributed by atoms with Gasteiger partial charge in [-0.3, -0.25) is 0 Å². The lowest BCUT2D eigenvalue weighted by atomic mass is 9.97. The second-order valence-corrected chi connectivity index (χ2v) is 5.64. The average molecular weight is 235 g/mol. The molecule has 0 aromatic heterocycles. The van der Waals surface area contributed by atoms with Gasteiger partial charge in [-0.2, -0.15) is 0 Å². The van der Waals surface area contributed by atoms with Crippen LogP contribution < -0.4 is 10.1 Å². The summed E-state index contributed by atoms with van der Waals surface area (Å²) in [4.78, 5) is 0. The summed E-state index contributed by atoms with van der Waals surface area (Å²) in [6, 6.07) is 8.34. The maximum absolute atomic E-state index is 5.25. The lowest BCUT2D eigenvalue weighted by molar-refractivity contribution is 0.408. The Labute approximate surface area is 105 Å². The molecule has 0 heterocycles. The minimum atomic E-state index is 0.202. The van der Waals surface area contributed by atoms with Crippen molar-refractivity contribution in [2.45, 2.75) is 45.6 Å². The smallest absolute Gasteiger partial charge is 0.119 e. The molecule has 1 rings (SSSR count). The molecule has 2 heteroatoms. The first-order chi connectivity index (χ1) is 7.92. The monoisotopic (exact) mass is 235 g/mol. The van der Waals surface area contributed by atoms with Crippen LogP contribution in [0.15, 0.2) is 24.3 Å². The van der Waals surface area contributed by atoms with E-state index in [1.54, 1.807) is 7.11 Å². The second kappa shape index (κ2) is 6.06. The lowest BCUT2D eigenvalue weighted by Crippen LogP contribution is -2.36. The van der Waals surface area contributed by atoms with Crippen molar-refractivity contribution in [1.82, 2.24) is 5.32 Å². The predicted octanol–water partition coefficient (Wildman–Crippen LogP) is 3.58. The first-order valence-corrected chi connectivity index (χ1v) is 6.31. The van der Waals surface area contributed by atoms with E-state index in [-0.39, 0.29) is 5.54 Å². The molecule has 0 amide bonds. The highest BCUT2D eigenvalue weighted by Gasteiger charge is 2.10. The fourth-order valence-corrected chi connectivity index (χ4v) is 1.78. The summed E-state index contributed by atoms with van der Waals surface area (Å²) >= 11 is 0. The van der Waals surface area contributed by atoms with Crippen LogP contribution >= 0.6 is 0 Å². The van der Waals surface area contributed by atoms with Gasteiger partial charge in [0.25, 0.3) is 0 Å². The molecule has 0 spiro atoms. The van der Waals surface area contributed by atoms with Crippen LogP contribution in [0.25, 0.3) is 0 Å². The van der Waals surface area contributed by atoms with Crippen molar-refractivity contribution in [3.8, 4) is 5.75 Å². The van der Waals surface area contributed by atoms with E-state index in [1.807, 2.05) is 6.07 Å². The molecule has 0 aliphatic heterocycles. The SMILES string of the molecule is COc1cccc(C(C)CCNC(C)(C)C)c1. The van der Waals surface area contributed by atoms with Crippen molar-refractivity contribution < 1.29 is 4.74 Å². The van der Waals surface area contributed by atoms with Gasteiger partial charge in [0.05, 0.1) is 7.11 Å². The van der Waals surface area contributed by atoms with Gasteiger partial charge in [-0.15, -0.1) is 0 Å². The third-order valence-corrected chi connectivity index (χ3v) is 2.90. The summed E-state index contributed by atoms with van der Waals surface area (Å²) in [5, 5.41) is 3.52. The lowest BCUT2D eigenvalue weighted by Gasteiger charge is -2.22. The molecular weight excluding hydrogens is 210 g/mol. The zero-order valence-corrected chi connectivity index (χ0v) is 11.7. The third kappa shape index (κ3) is 5.22. The van der Waals surface area contributed by atoms with Gasteiger partial charge in [0.2, 0.25) is 0 Å². The van der Waals surface area contributed by atoms with Crippen molar-refractivity contribution in [3.05, 3.63) is 29.8 Å². The van der Waals surface area contributed by atoms with Gasteiger partial charge >= 0.3 is 0 Å². The summed E-state index contributed by atoms with van der Waals surface area (Å²) in [5.41, 5.74) is 1.55. The topological polar surface area (TPSA) is 21.3 Å². The Kier molecular flexibility index (Phi) is 5.01. The normalized spacial score (nSPS) is 13.5. The molecule has 1 aromatic carbocycles. The van der Waals surface area contributed by atoms with Gasteiger partial charge < -0.3 is 10.1 Å². The van der Waals surface area contributed by atoms with Gasteiger partial charge in [0, 0.05) is 5.54 Å². The summed E-state index contributed by atoms with van der Waals surface area (Å²) < 4.78 is 5.25. The Morgan fingerprint density at radius 2 is 2.00 bits per heavy atom. The third-order valence-electron chi connectivity index (χ3n) is 2.90. The van der Waals surface area contributed by atoms with Crippen LogP contribution in [0.3, 0.4) is 0 Å². The fourth-order valence-electron chi connectivity index (χ4n) is 1.78. The number of methoxy groups -OCH3 is 1. The first-order valence-electron chi connectivity index (χ1n) is 6.31. The van der Waals surface area contributed by atoms with Crippen LogP contribution in [-0.2, 0) is 0 Å². The number of hydrogen-bond acceptors (Lipinski definition) is 2. The summed E-state index contributed by atoms with van der Waals surface area (Å²) in [7, 11) is 1.71. The van der Waals surface area contributed by atoms with E-state index in [4.69, 9.17) is 4.74 Å². The minimum absolute atomic E-state index is 0.202. The first kappa shape index (κ1) is 14.0. The molecule has 17 heavy (non-hydrogen) atoms. The van der Waals surface area contributed by atoms with Crippen LogP contribution in [0.2, 0.25) is 0 Å². The van der Waals surface area contributed by atoms with Crippen molar-refractivity contribution in [2.75, 3.05) is 13.7 Å². The zero-order valence-electron chi connectivity index (χ0n) is 11.7. The molecule has 0 aliphatic carbocycles. The van der Waals surface area contributed by atoms with E-state index in [2.05, 4.69) is 51.2 Å². The van der Waals surface area contributed by atoms with E-state index in [9.17, 15) is 0 Å².